The van der Waals surface area contributed by atoms with Gasteiger partial charge in [-0.3, -0.25) is 9.69 Å². The van der Waals surface area contributed by atoms with Crippen LogP contribution in [0.1, 0.15) is 26.7 Å². The number of nitrogens with one attached hydrogen (secondary N) is 1. The molecule has 0 aromatic rings. The van der Waals surface area contributed by atoms with Gasteiger partial charge in [0.25, 0.3) is 0 Å². The summed E-state index contributed by atoms with van der Waals surface area (Å²) in [6, 6.07) is 0. The first kappa shape index (κ1) is 22.9. The fourth-order valence-electron chi connectivity index (χ4n) is 3.05. The second kappa shape index (κ2) is 10.0. The van der Waals surface area contributed by atoms with Crippen LogP contribution in [0.15, 0.2) is 0 Å². The minimum Gasteiger partial charge on any atom is -0.381 e. The molecule has 138 valence electrons. The smallest absolute Gasteiger partial charge is 0.227 e. The van der Waals surface area contributed by atoms with Gasteiger partial charge in [-0.1, -0.05) is 0 Å². The number of rotatable bonds is 5. The molecular formula is C15H31Cl2N3O3. The van der Waals surface area contributed by atoms with Gasteiger partial charge in [-0.15, -0.1) is 24.8 Å². The molecule has 6 nitrogen and oxygen atoms in total. The Morgan fingerprint density at radius 3 is 2.17 bits per heavy atom. The Bertz CT molecular complexity index is 358. The van der Waals surface area contributed by atoms with Gasteiger partial charge >= 0.3 is 0 Å². The Morgan fingerprint density at radius 2 is 1.65 bits per heavy atom. The number of carbonyl (C=O) groups is 1. The molecule has 2 saturated heterocycles. The number of ether oxygens (including phenoxy) is 2. The highest BCUT2D eigenvalue weighted by Gasteiger charge is 2.39. The number of nitrogens with zero attached hydrogens (tertiary/aromatic N) is 1. The van der Waals surface area contributed by atoms with Crippen LogP contribution in [0.25, 0.3) is 0 Å². The molecule has 0 radical (unpaired) electrons. The van der Waals surface area contributed by atoms with E-state index in [1.54, 1.807) is 0 Å². The predicted octanol–water partition coefficient (Wildman–Crippen LogP) is 0.813. The second-order valence-electron chi connectivity index (χ2n) is 6.69. The van der Waals surface area contributed by atoms with Gasteiger partial charge in [-0.25, -0.2) is 0 Å². The van der Waals surface area contributed by atoms with E-state index in [-0.39, 0.29) is 36.3 Å². The molecule has 2 rings (SSSR count). The molecule has 0 saturated carbocycles. The Morgan fingerprint density at radius 1 is 1.13 bits per heavy atom. The zero-order valence-electron chi connectivity index (χ0n) is 14.1. The van der Waals surface area contributed by atoms with Crippen molar-refractivity contribution in [3.63, 3.8) is 0 Å². The van der Waals surface area contributed by atoms with Gasteiger partial charge in [-0.2, -0.15) is 0 Å². The maximum atomic E-state index is 12.6. The molecule has 0 spiro atoms. The van der Waals surface area contributed by atoms with Gasteiger partial charge in [0.15, 0.2) is 0 Å². The summed E-state index contributed by atoms with van der Waals surface area (Å²) in [7, 11) is 0. The first-order valence-electron chi connectivity index (χ1n) is 7.89. The average molecular weight is 372 g/mol. The first-order valence-corrected chi connectivity index (χ1v) is 7.89. The number of morpholine rings is 1. The number of nitrogens with two attached hydrogens (primary N) is 1. The largest absolute Gasteiger partial charge is 0.381 e. The normalized spacial score (nSPS) is 21.7. The summed E-state index contributed by atoms with van der Waals surface area (Å²) in [6.45, 7) is 9.96. The molecule has 0 atom stereocenters. The molecule has 2 aliphatic heterocycles. The van der Waals surface area contributed by atoms with E-state index in [0.29, 0.717) is 39.1 Å². The van der Waals surface area contributed by atoms with Crippen molar-refractivity contribution in [2.45, 2.75) is 32.2 Å². The molecule has 0 aromatic heterocycles. The van der Waals surface area contributed by atoms with Gasteiger partial charge in [0.2, 0.25) is 5.91 Å². The molecule has 1 amide bonds. The molecule has 8 heteroatoms. The van der Waals surface area contributed by atoms with Crippen LogP contribution in [0.3, 0.4) is 0 Å². The highest BCUT2D eigenvalue weighted by molar-refractivity contribution is 5.85. The van der Waals surface area contributed by atoms with Crippen molar-refractivity contribution in [2.24, 2.45) is 11.1 Å². The van der Waals surface area contributed by atoms with E-state index in [4.69, 9.17) is 15.2 Å². The van der Waals surface area contributed by atoms with Crippen molar-refractivity contribution in [2.75, 3.05) is 52.6 Å². The lowest BCUT2D eigenvalue weighted by Gasteiger charge is -2.42. The van der Waals surface area contributed by atoms with Crippen LogP contribution in [0, 0.1) is 5.41 Å². The van der Waals surface area contributed by atoms with Crippen molar-refractivity contribution in [3.8, 4) is 0 Å². The third-order valence-corrected chi connectivity index (χ3v) is 4.87. The van der Waals surface area contributed by atoms with Gasteiger partial charge in [0.1, 0.15) is 0 Å². The SMILES string of the molecule is CC(C)(CNC(=O)C1(CN)CCOCC1)N1CCOCC1.Cl.Cl. The molecule has 0 unspecified atom stereocenters. The van der Waals surface area contributed by atoms with E-state index < -0.39 is 5.41 Å². The van der Waals surface area contributed by atoms with E-state index in [9.17, 15) is 4.79 Å². The number of hydrogen-bond acceptors (Lipinski definition) is 5. The number of amides is 1. The van der Waals surface area contributed by atoms with Crippen molar-refractivity contribution < 1.29 is 14.3 Å². The minimum absolute atomic E-state index is 0. The predicted molar refractivity (Wildman–Crippen MR) is 95.5 cm³/mol. The van der Waals surface area contributed by atoms with E-state index in [1.165, 1.54) is 0 Å². The van der Waals surface area contributed by atoms with Gasteiger partial charge in [0.05, 0.1) is 18.6 Å². The summed E-state index contributed by atoms with van der Waals surface area (Å²) >= 11 is 0. The monoisotopic (exact) mass is 371 g/mol. The molecular weight excluding hydrogens is 341 g/mol. The second-order valence-corrected chi connectivity index (χ2v) is 6.69. The zero-order chi connectivity index (χ0) is 15.3. The molecule has 3 N–H and O–H groups in total. The molecule has 0 aliphatic carbocycles. The third kappa shape index (κ3) is 5.73. The molecule has 23 heavy (non-hydrogen) atoms. The fourth-order valence-corrected chi connectivity index (χ4v) is 3.05. The number of carbonyl (C=O) groups excluding carboxylic acids is 1. The van der Waals surface area contributed by atoms with Crippen LogP contribution in [0.5, 0.6) is 0 Å². The first-order chi connectivity index (χ1) is 10.0. The number of hydrogen-bond donors (Lipinski definition) is 2. The van der Waals surface area contributed by atoms with Crippen LogP contribution >= 0.6 is 24.8 Å². The third-order valence-electron chi connectivity index (χ3n) is 4.87. The van der Waals surface area contributed by atoms with Crippen LogP contribution in [0.2, 0.25) is 0 Å². The fraction of sp³-hybridized carbons (Fsp3) is 0.933. The average Bonchev–Trinajstić information content (AvgIpc) is 2.54. The lowest BCUT2D eigenvalue weighted by atomic mass is 9.79. The van der Waals surface area contributed by atoms with Crippen molar-refractivity contribution in [3.05, 3.63) is 0 Å². The van der Waals surface area contributed by atoms with E-state index in [2.05, 4.69) is 24.1 Å². The lowest BCUT2D eigenvalue weighted by Crippen LogP contribution is -2.58. The van der Waals surface area contributed by atoms with E-state index >= 15 is 0 Å². The number of halogens is 2. The van der Waals surface area contributed by atoms with Gasteiger partial charge in [-0.05, 0) is 26.7 Å². The van der Waals surface area contributed by atoms with Crippen LogP contribution in [-0.4, -0.2) is 69.0 Å². The van der Waals surface area contributed by atoms with Gasteiger partial charge in [0, 0.05) is 44.9 Å². The van der Waals surface area contributed by atoms with Crippen molar-refractivity contribution in [1.82, 2.24) is 10.2 Å². The van der Waals surface area contributed by atoms with E-state index in [1.807, 2.05) is 0 Å². The summed E-state index contributed by atoms with van der Waals surface area (Å²) in [5.74, 6) is 0.0784. The Kier molecular flexibility index (Phi) is 9.96. The zero-order valence-corrected chi connectivity index (χ0v) is 15.8. The van der Waals surface area contributed by atoms with Crippen molar-refractivity contribution in [1.29, 1.82) is 0 Å². The minimum atomic E-state index is -0.445. The molecule has 2 fully saturated rings. The van der Waals surface area contributed by atoms with E-state index in [0.717, 1.165) is 26.3 Å². The maximum absolute atomic E-state index is 12.6. The standard InChI is InChI=1S/C15H29N3O3.2ClH/c1-14(2,18-5-9-21-10-6-18)12-17-13(19)15(11-16)3-7-20-8-4-15;;/h3-12,16H2,1-2H3,(H,17,19);2*1H. The van der Waals surface area contributed by atoms with Gasteiger partial charge < -0.3 is 20.5 Å². The topological polar surface area (TPSA) is 76.8 Å². The maximum Gasteiger partial charge on any atom is 0.227 e. The summed E-state index contributed by atoms with van der Waals surface area (Å²) < 4.78 is 10.7. The quantitative estimate of drug-likeness (QED) is 0.747. The molecule has 2 heterocycles. The Balaban J connectivity index is 0.00000242. The van der Waals surface area contributed by atoms with Crippen molar-refractivity contribution >= 4 is 30.7 Å². The molecule has 0 bridgehead atoms. The highest BCUT2D eigenvalue weighted by Crippen LogP contribution is 2.29. The van der Waals surface area contributed by atoms with Crippen LogP contribution < -0.4 is 11.1 Å². The lowest BCUT2D eigenvalue weighted by molar-refractivity contribution is -0.136. The summed E-state index contributed by atoms with van der Waals surface area (Å²) in [6.07, 6.45) is 1.43. The Hall–Kier alpha value is -0.110. The molecule has 0 aromatic carbocycles. The van der Waals surface area contributed by atoms with Crippen LogP contribution in [-0.2, 0) is 14.3 Å². The van der Waals surface area contributed by atoms with Crippen LogP contribution in [0.4, 0.5) is 0 Å². The highest BCUT2D eigenvalue weighted by atomic mass is 35.5. The molecule has 2 aliphatic rings. The summed E-state index contributed by atoms with van der Waals surface area (Å²) in [5, 5.41) is 3.12. The Labute approximate surface area is 151 Å². The summed E-state index contributed by atoms with van der Waals surface area (Å²) in [4.78, 5) is 15.0. The summed E-state index contributed by atoms with van der Waals surface area (Å²) in [5.41, 5.74) is 5.36.